The van der Waals surface area contributed by atoms with E-state index in [0.29, 0.717) is 53.0 Å². The third kappa shape index (κ3) is 6.75. The molecule has 1 fully saturated rings. The van der Waals surface area contributed by atoms with Gasteiger partial charge < -0.3 is 16.0 Å². The van der Waals surface area contributed by atoms with Crippen LogP contribution in [0.15, 0.2) is 48.5 Å². The minimum Gasteiger partial charge on any atom is -0.382 e. The molecule has 1 saturated carbocycles. The van der Waals surface area contributed by atoms with E-state index in [2.05, 4.69) is 20.9 Å². The van der Waals surface area contributed by atoms with Crippen molar-refractivity contribution >= 4 is 45.7 Å². The Balaban J connectivity index is 1.39. The number of rotatable bonds is 5. The molecule has 3 N–H and O–H groups in total. The van der Waals surface area contributed by atoms with E-state index in [0.717, 1.165) is 6.07 Å². The van der Waals surface area contributed by atoms with Crippen molar-refractivity contribution in [3.8, 4) is 0 Å². The topological polar surface area (TPSA) is 83.1 Å². The molecular weight excluding hydrogens is 517 g/mol. The van der Waals surface area contributed by atoms with Gasteiger partial charge in [0.1, 0.15) is 5.69 Å². The summed E-state index contributed by atoms with van der Waals surface area (Å²) >= 11 is 6.10. The number of halogens is 4. The molecule has 0 atom stereocenters. The van der Waals surface area contributed by atoms with Gasteiger partial charge in [-0.1, -0.05) is 38.4 Å². The number of aromatic nitrogens is 1. The molecule has 2 aromatic carbocycles. The molecule has 1 aromatic heterocycles. The van der Waals surface area contributed by atoms with Crippen LogP contribution >= 0.6 is 11.6 Å². The molecule has 0 bridgehead atoms. The van der Waals surface area contributed by atoms with Gasteiger partial charge in [0.25, 0.3) is 5.91 Å². The Morgan fingerprint density at radius 2 is 1.63 bits per heavy atom. The van der Waals surface area contributed by atoms with Crippen molar-refractivity contribution < 1.29 is 22.8 Å². The Labute approximate surface area is 224 Å². The van der Waals surface area contributed by atoms with Crippen LogP contribution in [0.25, 0.3) is 10.9 Å². The number of carbonyl (C=O) groups is 2. The van der Waals surface area contributed by atoms with Gasteiger partial charge in [0.15, 0.2) is 0 Å². The average molecular weight is 547 g/mol. The first kappa shape index (κ1) is 27.7. The monoisotopic (exact) mass is 546 g/mol. The van der Waals surface area contributed by atoms with E-state index in [1.165, 1.54) is 12.1 Å². The number of pyridine rings is 1. The second-order valence-electron chi connectivity index (χ2n) is 10.7. The Morgan fingerprint density at radius 1 is 0.947 bits per heavy atom. The van der Waals surface area contributed by atoms with Crippen LogP contribution in [0.3, 0.4) is 0 Å². The average Bonchev–Trinajstić information content (AvgIpc) is 2.84. The summed E-state index contributed by atoms with van der Waals surface area (Å²) in [5.74, 6) is -0.384. The van der Waals surface area contributed by atoms with Crippen LogP contribution in [-0.4, -0.2) is 28.9 Å². The number of hydrogen-bond acceptors (Lipinski definition) is 4. The zero-order chi connectivity index (χ0) is 27.7. The fraction of sp³-hybridized carbons (Fsp3) is 0.393. The largest absolute Gasteiger partial charge is 0.433 e. The molecular formula is C28H30ClF3N4O2. The maximum absolute atomic E-state index is 13.4. The van der Waals surface area contributed by atoms with Crippen molar-refractivity contribution in [2.75, 3.05) is 10.6 Å². The number of fused-ring (bicyclic) bond motifs is 1. The van der Waals surface area contributed by atoms with Crippen LogP contribution in [-0.2, 0) is 11.0 Å². The fourth-order valence-corrected chi connectivity index (χ4v) is 4.56. The van der Waals surface area contributed by atoms with Crippen LogP contribution in [0.5, 0.6) is 0 Å². The van der Waals surface area contributed by atoms with Gasteiger partial charge in [-0.15, -0.1) is 0 Å². The summed E-state index contributed by atoms with van der Waals surface area (Å²) in [6, 6.07) is 12.3. The van der Waals surface area contributed by atoms with Crippen LogP contribution in [0.2, 0.25) is 5.02 Å². The van der Waals surface area contributed by atoms with Crippen LogP contribution < -0.4 is 16.0 Å². The highest BCUT2D eigenvalue weighted by molar-refractivity contribution is 6.31. The molecule has 3 aromatic rings. The first-order valence-electron chi connectivity index (χ1n) is 12.5. The second-order valence-corrected chi connectivity index (χ2v) is 11.1. The van der Waals surface area contributed by atoms with Crippen molar-refractivity contribution in [3.63, 3.8) is 0 Å². The quantitative estimate of drug-likeness (QED) is 0.320. The van der Waals surface area contributed by atoms with E-state index in [-0.39, 0.29) is 29.4 Å². The summed E-state index contributed by atoms with van der Waals surface area (Å²) in [6.45, 7) is 5.43. The zero-order valence-corrected chi connectivity index (χ0v) is 22.1. The lowest BCUT2D eigenvalue weighted by Crippen LogP contribution is -2.40. The van der Waals surface area contributed by atoms with Crippen molar-refractivity contribution in [3.05, 3.63) is 64.8 Å². The first-order valence-corrected chi connectivity index (χ1v) is 12.8. The Morgan fingerprint density at radius 3 is 2.29 bits per heavy atom. The van der Waals surface area contributed by atoms with Gasteiger partial charge in [0.05, 0.1) is 5.52 Å². The number of nitrogens with zero attached hydrogens (tertiary/aromatic N) is 1. The van der Waals surface area contributed by atoms with Crippen molar-refractivity contribution in [2.45, 2.75) is 64.7 Å². The summed E-state index contributed by atoms with van der Waals surface area (Å²) in [5, 5.41) is 10.1. The minimum atomic E-state index is -4.57. The summed E-state index contributed by atoms with van der Waals surface area (Å²) in [5.41, 5.74) is 0.0236. The van der Waals surface area contributed by atoms with E-state index >= 15 is 0 Å². The Kier molecular flexibility index (Phi) is 7.88. The molecule has 2 amide bonds. The lowest BCUT2D eigenvalue weighted by Gasteiger charge is -2.31. The zero-order valence-electron chi connectivity index (χ0n) is 21.4. The predicted octanol–water partition coefficient (Wildman–Crippen LogP) is 7.04. The van der Waals surface area contributed by atoms with E-state index in [1.54, 1.807) is 30.3 Å². The lowest BCUT2D eigenvalue weighted by atomic mass is 9.90. The van der Waals surface area contributed by atoms with E-state index in [9.17, 15) is 22.8 Å². The standard InChI is InChI=1S/C28H30ClF3N4O2/c1-27(2,3)26(38)35-20-6-4-5-16(13-20)25(37)34-19-10-8-18(9-11-19)33-23-15-24(28(30,31)32)36-22-12-7-17(29)14-21(22)23/h4-7,12-15,18-19H,8-11H2,1-3H3,(H,33,36)(H,34,37)(H,35,38). The molecule has 6 nitrogen and oxygen atoms in total. The number of carbonyl (C=O) groups excluding carboxylic acids is 2. The summed E-state index contributed by atoms with van der Waals surface area (Å²) in [4.78, 5) is 28.9. The van der Waals surface area contributed by atoms with E-state index in [4.69, 9.17) is 11.6 Å². The lowest BCUT2D eigenvalue weighted by molar-refractivity contribution is -0.140. The molecule has 0 unspecified atom stereocenters. The highest BCUT2D eigenvalue weighted by atomic mass is 35.5. The molecule has 1 heterocycles. The van der Waals surface area contributed by atoms with Crippen molar-refractivity contribution in [2.24, 2.45) is 5.41 Å². The van der Waals surface area contributed by atoms with Gasteiger partial charge in [-0.3, -0.25) is 9.59 Å². The molecule has 4 rings (SSSR count). The van der Waals surface area contributed by atoms with Crippen LogP contribution in [0.4, 0.5) is 24.5 Å². The molecule has 1 aliphatic rings. The van der Waals surface area contributed by atoms with Crippen LogP contribution in [0, 0.1) is 5.41 Å². The highest BCUT2D eigenvalue weighted by Gasteiger charge is 2.34. The Hall–Kier alpha value is -3.33. The smallest absolute Gasteiger partial charge is 0.382 e. The van der Waals surface area contributed by atoms with Crippen molar-refractivity contribution in [1.82, 2.24) is 10.3 Å². The predicted molar refractivity (Wildman–Crippen MR) is 143 cm³/mol. The molecule has 0 radical (unpaired) electrons. The number of benzene rings is 2. The SMILES string of the molecule is CC(C)(C)C(=O)Nc1cccc(C(=O)NC2CCC(Nc3cc(C(F)(F)F)nc4ccc(Cl)cc34)CC2)c1. The van der Waals surface area contributed by atoms with E-state index < -0.39 is 17.3 Å². The van der Waals surface area contributed by atoms with Gasteiger partial charge >= 0.3 is 6.18 Å². The van der Waals surface area contributed by atoms with Gasteiger partial charge in [-0.05, 0) is 68.1 Å². The number of alkyl halides is 3. The molecule has 0 spiro atoms. The third-order valence-corrected chi connectivity index (χ3v) is 6.78. The maximum atomic E-state index is 13.4. The summed E-state index contributed by atoms with van der Waals surface area (Å²) < 4.78 is 40.3. The van der Waals surface area contributed by atoms with Crippen molar-refractivity contribution in [1.29, 1.82) is 0 Å². The molecule has 10 heteroatoms. The van der Waals surface area contributed by atoms with E-state index in [1.807, 2.05) is 20.8 Å². The van der Waals surface area contributed by atoms with Gasteiger partial charge in [0, 0.05) is 44.8 Å². The number of hydrogen-bond donors (Lipinski definition) is 3. The minimum absolute atomic E-state index is 0.0650. The van der Waals surface area contributed by atoms with Gasteiger partial charge in [-0.2, -0.15) is 13.2 Å². The Bertz CT molecular complexity index is 1350. The number of nitrogens with one attached hydrogen (secondary N) is 3. The summed E-state index contributed by atoms with van der Waals surface area (Å²) in [6.07, 6.45) is -1.91. The molecule has 202 valence electrons. The normalized spacial score (nSPS) is 18.2. The van der Waals surface area contributed by atoms with Crippen LogP contribution in [0.1, 0.15) is 62.5 Å². The highest BCUT2D eigenvalue weighted by Crippen LogP contribution is 2.35. The molecule has 0 aliphatic heterocycles. The fourth-order valence-electron chi connectivity index (χ4n) is 4.39. The summed E-state index contributed by atoms with van der Waals surface area (Å²) in [7, 11) is 0. The van der Waals surface area contributed by atoms with Gasteiger partial charge in [-0.25, -0.2) is 4.98 Å². The maximum Gasteiger partial charge on any atom is 0.433 e. The third-order valence-electron chi connectivity index (χ3n) is 6.55. The van der Waals surface area contributed by atoms with Gasteiger partial charge in [0.2, 0.25) is 5.91 Å². The number of anilines is 2. The second kappa shape index (κ2) is 10.8. The molecule has 38 heavy (non-hydrogen) atoms. The molecule has 0 saturated heterocycles. The number of amides is 2. The first-order chi connectivity index (χ1) is 17.8. The molecule has 1 aliphatic carbocycles.